The van der Waals surface area contributed by atoms with Crippen LogP contribution in [0.2, 0.25) is 0 Å². The number of rotatable bonds is 9. The fourth-order valence-electron chi connectivity index (χ4n) is 4.81. The van der Waals surface area contributed by atoms with E-state index in [-0.39, 0.29) is 53.8 Å². The van der Waals surface area contributed by atoms with E-state index in [1.54, 1.807) is 37.2 Å². The highest BCUT2D eigenvalue weighted by Crippen LogP contribution is 2.28. The number of anilines is 3. The number of amides is 2. The van der Waals surface area contributed by atoms with Crippen molar-refractivity contribution in [2.24, 2.45) is 5.73 Å². The van der Waals surface area contributed by atoms with Gasteiger partial charge in [0.1, 0.15) is 34.5 Å². The molecule has 0 saturated carbocycles. The first-order valence-electron chi connectivity index (χ1n) is 14.0. The number of nitrogens with two attached hydrogens (primary N) is 1. The van der Waals surface area contributed by atoms with Crippen LogP contribution in [0.5, 0.6) is 5.75 Å². The average molecular weight is 663 g/mol. The molecular formula is C31H31ClN8O7. The van der Waals surface area contributed by atoms with Gasteiger partial charge in [-0.3, -0.25) is 19.2 Å². The van der Waals surface area contributed by atoms with Crippen LogP contribution in [0.15, 0.2) is 64.6 Å². The molecule has 3 heterocycles. The minimum atomic E-state index is -1.15. The van der Waals surface area contributed by atoms with Gasteiger partial charge in [0.15, 0.2) is 12.3 Å². The monoisotopic (exact) mass is 662 g/mol. The number of aromatic carboxylic acids is 1. The molecule has 6 rings (SSSR count). The van der Waals surface area contributed by atoms with Crippen LogP contribution in [0, 0.1) is 0 Å². The van der Waals surface area contributed by atoms with Crippen molar-refractivity contribution in [1.82, 2.24) is 20.3 Å². The SMILES string of the molecule is CN(C)c1c(NCc2cccc(CN)c2)c(=O)c1=O.Cl.O=C1COc2ccc(CNC(=O)c3ncnc4c(C(=O)O)c[nH]c34)cc2N1. The van der Waals surface area contributed by atoms with Gasteiger partial charge in [-0.2, -0.15) is 0 Å². The Morgan fingerprint density at radius 3 is 2.49 bits per heavy atom. The predicted molar refractivity (Wildman–Crippen MR) is 177 cm³/mol. The van der Waals surface area contributed by atoms with Gasteiger partial charge < -0.3 is 41.4 Å². The Morgan fingerprint density at radius 2 is 1.77 bits per heavy atom. The Balaban J connectivity index is 0.000000221. The second kappa shape index (κ2) is 14.5. The number of nitrogens with one attached hydrogen (secondary N) is 4. The van der Waals surface area contributed by atoms with Crippen LogP contribution in [0.3, 0.4) is 0 Å². The number of nitrogens with zero attached hydrogens (tertiary/aromatic N) is 3. The molecule has 0 saturated heterocycles. The summed E-state index contributed by atoms with van der Waals surface area (Å²) in [5.74, 6) is -1.31. The molecule has 1 aliphatic heterocycles. The van der Waals surface area contributed by atoms with Gasteiger partial charge in [-0.1, -0.05) is 30.3 Å². The van der Waals surface area contributed by atoms with E-state index in [1.165, 1.54) is 6.20 Å². The summed E-state index contributed by atoms with van der Waals surface area (Å²) in [4.78, 5) is 70.3. The number of halogens is 1. The number of hydrogen-bond acceptors (Lipinski definition) is 11. The molecule has 244 valence electrons. The third kappa shape index (κ3) is 7.37. The van der Waals surface area contributed by atoms with Crippen molar-refractivity contribution in [3.63, 3.8) is 0 Å². The van der Waals surface area contributed by atoms with Crippen molar-refractivity contribution < 1.29 is 24.2 Å². The molecule has 3 aromatic carbocycles. The number of ether oxygens (including phenoxy) is 1. The highest BCUT2D eigenvalue weighted by molar-refractivity contribution is 6.08. The first-order valence-corrected chi connectivity index (χ1v) is 14.0. The van der Waals surface area contributed by atoms with Gasteiger partial charge in [0.25, 0.3) is 22.7 Å². The number of hydrogen-bond donors (Lipinski definition) is 6. The Hall–Kier alpha value is -5.80. The minimum absolute atomic E-state index is 0. The molecule has 2 aromatic heterocycles. The van der Waals surface area contributed by atoms with Crippen LogP contribution in [-0.2, 0) is 24.4 Å². The topological polar surface area (TPSA) is 222 Å². The van der Waals surface area contributed by atoms with E-state index in [9.17, 15) is 24.0 Å². The van der Waals surface area contributed by atoms with E-state index < -0.39 is 22.7 Å². The van der Waals surface area contributed by atoms with Crippen molar-refractivity contribution in [3.05, 3.63) is 103 Å². The third-order valence-corrected chi connectivity index (χ3v) is 7.07. The molecule has 0 radical (unpaired) electrons. The molecule has 0 fully saturated rings. The highest BCUT2D eigenvalue weighted by Gasteiger charge is 2.22. The van der Waals surface area contributed by atoms with Gasteiger partial charge in [-0.25, -0.2) is 14.8 Å². The molecule has 0 spiro atoms. The normalized spacial score (nSPS) is 11.7. The van der Waals surface area contributed by atoms with Crippen LogP contribution >= 0.6 is 12.4 Å². The van der Waals surface area contributed by atoms with E-state index in [1.807, 2.05) is 24.3 Å². The zero-order valence-electron chi connectivity index (χ0n) is 25.2. The Bertz CT molecular complexity index is 2030. The third-order valence-electron chi connectivity index (χ3n) is 7.07. The average Bonchev–Trinajstić information content (AvgIpc) is 3.50. The first kappa shape index (κ1) is 34.1. The summed E-state index contributed by atoms with van der Waals surface area (Å²) in [6, 6.07) is 13.0. The first-order chi connectivity index (χ1) is 22.1. The van der Waals surface area contributed by atoms with Gasteiger partial charge in [0, 0.05) is 39.9 Å². The van der Waals surface area contributed by atoms with Crippen LogP contribution in [0.4, 0.5) is 17.1 Å². The minimum Gasteiger partial charge on any atom is -0.482 e. The van der Waals surface area contributed by atoms with Crippen LogP contribution < -0.4 is 42.2 Å². The van der Waals surface area contributed by atoms with Gasteiger partial charge in [-0.05, 0) is 28.8 Å². The van der Waals surface area contributed by atoms with Crippen LogP contribution in [0.1, 0.15) is 37.5 Å². The summed E-state index contributed by atoms with van der Waals surface area (Å²) in [6.07, 6.45) is 2.41. The summed E-state index contributed by atoms with van der Waals surface area (Å²) < 4.78 is 5.29. The van der Waals surface area contributed by atoms with Crippen LogP contribution in [-0.4, -0.2) is 58.5 Å². The number of H-pyrrole nitrogens is 1. The lowest BCUT2D eigenvalue weighted by Crippen LogP contribution is -2.39. The summed E-state index contributed by atoms with van der Waals surface area (Å²) >= 11 is 0. The zero-order chi connectivity index (χ0) is 33.0. The number of carbonyl (C=O) groups excluding carboxylic acids is 2. The lowest BCUT2D eigenvalue weighted by molar-refractivity contribution is -0.118. The summed E-state index contributed by atoms with van der Waals surface area (Å²) in [5, 5.41) is 17.6. The largest absolute Gasteiger partial charge is 0.482 e. The van der Waals surface area contributed by atoms with Crippen molar-refractivity contribution in [2.75, 3.05) is 36.2 Å². The van der Waals surface area contributed by atoms with E-state index >= 15 is 0 Å². The molecule has 7 N–H and O–H groups in total. The maximum Gasteiger partial charge on any atom is 0.339 e. The lowest BCUT2D eigenvalue weighted by Gasteiger charge is -2.19. The number of aromatic amines is 1. The maximum atomic E-state index is 12.5. The van der Waals surface area contributed by atoms with Crippen molar-refractivity contribution in [1.29, 1.82) is 0 Å². The molecule has 5 aromatic rings. The number of aromatic nitrogens is 3. The van der Waals surface area contributed by atoms with Gasteiger partial charge in [0.05, 0.1) is 11.2 Å². The Labute approximate surface area is 273 Å². The summed E-state index contributed by atoms with van der Waals surface area (Å²) in [7, 11) is 3.49. The Kier molecular flexibility index (Phi) is 10.5. The standard InChI is InChI=1S/C17H13N5O5.C14H17N3O2.ClH/c23-12-6-27-11-2-1-8(3-10(11)22-12)4-19-16(24)15-14-13(20-7-21-15)9(5-18-14)17(25)26;1-17(2)12-11(13(18)14(12)19)16-8-10-5-3-4-9(6-10)7-15;/h1-3,5,7,18H,4,6H2,(H,19,24)(H,22,23)(H,25,26);3-6,16H,7-8,15H2,1-2H3;1H. The molecule has 16 heteroatoms. The van der Waals surface area contributed by atoms with Crippen molar-refractivity contribution >= 4 is 58.3 Å². The molecule has 1 aliphatic rings. The maximum absolute atomic E-state index is 12.5. The molecule has 2 amide bonds. The predicted octanol–water partition coefficient (Wildman–Crippen LogP) is 1.76. The fourth-order valence-corrected chi connectivity index (χ4v) is 4.81. The number of carboxylic acid groups (broad SMARTS) is 1. The molecule has 0 atom stereocenters. The van der Waals surface area contributed by atoms with Gasteiger partial charge in [-0.15, -0.1) is 12.4 Å². The summed E-state index contributed by atoms with van der Waals surface area (Å²) in [5.41, 5.74) is 9.32. The highest BCUT2D eigenvalue weighted by atomic mass is 35.5. The van der Waals surface area contributed by atoms with E-state index in [4.69, 9.17) is 15.6 Å². The zero-order valence-corrected chi connectivity index (χ0v) is 26.1. The smallest absolute Gasteiger partial charge is 0.339 e. The van der Waals surface area contributed by atoms with Crippen molar-refractivity contribution in [3.8, 4) is 5.75 Å². The van der Waals surface area contributed by atoms with Gasteiger partial charge >= 0.3 is 5.97 Å². The number of carboxylic acids is 1. The number of carbonyl (C=O) groups is 3. The number of benzene rings is 2. The Morgan fingerprint density at radius 1 is 1.02 bits per heavy atom. The second-order valence-electron chi connectivity index (χ2n) is 10.5. The van der Waals surface area contributed by atoms with E-state index in [0.29, 0.717) is 35.9 Å². The van der Waals surface area contributed by atoms with Crippen LogP contribution in [0.25, 0.3) is 11.0 Å². The van der Waals surface area contributed by atoms with E-state index in [2.05, 4.69) is 30.9 Å². The molecular weight excluding hydrogens is 632 g/mol. The van der Waals surface area contributed by atoms with E-state index in [0.717, 1.165) is 23.0 Å². The summed E-state index contributed by atoms with van der Waals surface area (Å²) in [6.45, 7) is 1.14. The molecule has 15 nitrogen and oxygen atoms in total. The number of fused-ring (bicyclic) bond motifs is 2. The fraction of sp³-hybridized carbons (Fsp3) is 0.194. The second-order valence-corrected chi connectivity index (χ2v) is 10.5. The molecule has 0 bridgehead atoms. The quantitative estimate of drug-likeness (QED) is 0.124. The van der Waals surface area contributed by atoms with Gasteiger partial charge in [0.2, 0.25) is 0 Å². The lowest BCUT2D eigenvalue weighted by atomic mass is 10.1. The van der Waals surface area contributed by atoms with Crippen molar-refractivity contribution in [2.45, 2.75) is 19.6 Å². The molecule has 47 heavy (non-hydrogen) atoms. The molecule has 0 unspecified atom stereocenters. The molecule has 0 aliphatic carbocycles.